The third kappa shape index (κ3) is 3.80. The maximum Gasteiger partial charge on any atom is 0.0897 e. The number of aromatic nitrogens is 1. The molecule has 2 N–H and O–H groups in total. The minimum absolute atomic E-state index is 0.109. The first-order valence-corrected chi connectivity index (χ1v) is 6.80. The maximum atomic E-state index is 6.12. The lowest BCUT2D eigenvalue weighted by molar-refractivity contribution is 0.656. The Labute approximate surface area is 110 Å². The molecule has 2 rings (SSSR count). The first-order valence-electron chi connectivity index (χ1n) is 5.54. The van der Waals surface area contributed by atoms with E-state index in [0.717, 1.165) is 28.6 Å². The number of thiazole rings is 1. The highest BCUT2D eigenvalue weighted by Gasteiger charge is 2.07. The van der Waals surface area contributed by atoms with Gasteiger partial charge in [-0.15, -0.1) is 11.3 Å². The predicted molar refractivity (Wildman–Crippen MR) is 73.7 cm³/mol. The van der Waals surface area contributed by atoms with E-state index in [1.165, 1.54) is 5.56 Å². The van der Waals surface area contributed by atoms with Gasteiger partial charge in [0.2, 0.25) is 0 Å². The number of aryl methyl sites for hydroxylation is 1. The van der Waals surface area contributed by atoms with E-state index in [2.05, 4.69) is 10.4 Å². The van der Waals surface area contributed by atoms with E-state index >= 15 is 0 Å². The average molecular weight is 267 g/mol. The number of nitrogens with two attached hydrogens (primary N) is 1. The first-order chi connectivity index (χ1) is 8.13. The lowest BCUT2D eigenvalue weighted by Gasteiger charge is -2.10. The molecular weight excluding hydrogens is 252 g/mol. The lowest BCUT2D eigenvalue weighted by atomic mass is 10.0. The Morgan fingerprint density at radius 3 is 2.59 bits per heavy atom. The molecule has 0 saturated carbocycles. The Hall–Kier alpha value is -0.900. The van der Waals surface area contributed by atoms with E-state index in [4.69, 9.17) is 17.3 Å². The molecule has 0 aliphatic rings. The average Bonchev–Trinajstić information content (AvgIpc) is 2.67. The summed E-state index contributed by atoms with van der Waals surface area (Å²) in [4.78, 5) is 4.42. The molecule has 1 aromatic heterocycles. The fourth-order valence-electron chi connectivity index (χ4n) is 1.77. The molecule has 0 aliphatic heterocycles. The van der Waals surface area contributed by atoms with Crippen molar-refractivity contribution in [3.8, 4) is 0 Å². The lowest BCUT2D eigenvalue weighted by Crippen LogP contribution is -2.25. The van der Waals surface area contributed by atoms with Crippen LogP contribution in [0.2, 0.25) is 5.02 Å². The van der Waals surface area contributed by atoms with Crippen LogP contribution in [0.3, 0.4) is 0 Å². The first kappa shape index (κ1) is 12.6. The summed E-state index contributed by atoms with van der Waals surface area (Å²) in [5, 5.41) is 3.94. The van der Waals surface area contributed by atoms with Crippen molar-refractivity contribution < 1.29 is 0 Å². The third-order valence-electron chi connectivity index (χ3n) is 2.55. The molecule has 90 valence electrons. The second kappa shape index (κ2) is 5.63. The molecule has 0 fully saturated rings. The Balaban J connectivity index is 1.93. The van der Waals surface area contributed by atoms with Gasteiger partial charge in [0.1, 0.15) is 0 Å². The molecule has 1 heterocycles. The molecule has 2 aromatic rings. The molecule has 2 nitrogen and oxygen atoms in total. The second-order valence-corrected chi connectivity index (χ2v) is 5.65. The summed E-state index contributed by atoms with van der Waals surface area (Å²) in [5.74, 6) is 0. The zero-order valence-electron chi connectivity index (χ0n) is 9.69. The van der Waals surface area contributed by atoms with Gasteiger partial charge < -0.3 is 5.73 Å². The van der Waals surface area contributed by atoms with Crippen LogP contribution in [0.5, 0.6) is 0 Å². The minimum Gasteiger partial charge on any atom is -0.327 e. The van der Waals surface area contributed by atoms with Gasteiger partial charge in [-0.1, -0.05) is 23.7 Å². The number of benzene rings is 1. The fourth-order valence-corrected chi connectivity index (χ4v) is 2.52. The topological polar surface area (TPSA) is 38.9 Å². The molecule has 0 radical (unpaired) electrons. The largest absolute Gasteiger partial charge is 0.327 e. The van der Waals surface area contributed by atoms with Crippen molar-refractivity contribution in [1.29, 1.82) is 0 Å². The van der Waals surface area contributed by atoms with Crippen LogP contribution in [0.25, 0.3) is 0 Å². The standard InChI is InChI=1S/C13H15ClN2S/c1-9-16-13(8-17-9)7-12(15)6-10-2-4-11(14)5-3-10/h2-5,8,12H,6-7,15H2,1H3. The molecule has 0 spiro atoms. The number of rotatable bonds is 4. The zero-order valence-corrected chi connectivity index (χ0v) is 11.3. The summed E-state index contributed by atoms with van der Waals surface area (Å²) in [7, 11) is 0. The van der Waals surface area contributed by atoms with Crippen LogP contribution in [0, 0.1) is 6.92 Å². The van der Waals surface area contributed by atoms with Crippen molar-refractivity contribution >= 4 is 22.9 Å². The van der Waals surface area contributed by atoms with Crippen molar-refractivity contribution in [2.45, 2.75) is 25.8 Å². The molecule has 1 unspecified atom stereocenters. The Kier molecular flexibility index (Phi) is 4.15. The van der Waals surface area contributed by atoms with Gasteiger partial charge in [-0.05, 0) is 31.0 Å². The summed E-state index contributed by atoms with van der Waals surface area (Å²) in [6.45, 7) is 2.01. The highest BCUT2D eigenvalue weighted by atomic mass is 35.5. The Morgan fingerprint density at radius 2 is 2.00 bits per heavy atom. The molecule has 0 amide bonds. The van der Waals surface area contributed by atoms with E-state index in [0.29, 0.717) is 0 Å². The van der Waals surface area contributed by atoms with Crippen LogP contribution in [-0.4, -0.2) is 11.0 Å². The molecule has 17 heavy (non-hydrogen) atoms. The van der Waals surface area contributed by atoms with Crippen molar-refractivity contribution in [3.05, 3.63) is 50.9 Å². The van der Waals surface area contributed by atoms with Crippen LogP contribution in [0.4, 0.5) is 0 Å². The number of hydrogen-bond acceptors (Lipinski definition) is 3. The van der Waals surface area contributed by atoms with Gasteiger partial charge in [-0.2, -0.15) is 0 Å². The summed E-state index contributed by atoms with van der Waals surface area (Å²) >= 11 is 7.51. The minimum atomic E-state index is 0.109. The summed E-state index contributed by atoms with van der Waals surface area (Å²) in [5.41, 5.74) is 8.42. The molecular formula is C13H15ClN2S. The normalized spacial score (nSPS) is 12.6. The molecule has 0 bridgehead atoms. The van der Waals surface area contributed by atoms with Gasteiger partial charge in [0.05, 0.1) is 10.7 Å². The SMILES string of the molecule is Cc1nc(CC(N)Cc2ccc(Cl)cc2)cs1. The van der Waals surface area contributed by atoms with Crippen LogP contribution in [-0.2, 0) is 12.8 Å². The number of nitrogens with zero attached hydrogens (tertiary/aromatic N) is 1. The smallest absolute Gasteiger partial charge is 0.0897 e. The van der Waals surface area contributed by atoms with Crippen molar-refractivity contribution in [3.63, 3.8) is 0 Å². The van der Waals surface area contributed by atoms with E-state index in [-0.39, 0.29) is 6.04 Å². The second-order valence-electron chi connectivity index (χ2n) is 4.15. The van der Waals surface area contributed by atoms with Gasteiger partial charge in [0.25, 0.3) is 0 Å². The van der Waals surface area contributed by atoms with Gasteiger partial charge in [-0.3, -0.25) is 0 Å². The van der Waals surface area contributed by atoms with Crippen LogP contribution >= 0.6 is 22.9 Å². The third-order valence-corrected chi connectivity index (χ3v) is 3.62. The van der Waals surface area contributed by atoms with Gasteiger partial charge in [0.15, 0.2) is 0 Å². The van der Waals surface area contributed by atoms with Gasteiger partial charge in [0, 0.05) is 22.9 Å². The van der Waals surface area contributed by atoms with E-state index in [1.807, 2.05) is 31.2 Å². The predicted octanol–water partition coefficient (Wildman–Crippen LogP) is 3.22. The molecule has 0 aliphatic carbocycles. The van der Waals surface area contributed by atoms with E-state index < -0.39 is 0 Å². The Bertz CT molecular complexity index is 478. The molecule has 0 saturated heterocycles. The number of hydrogen-bond donors (Lipinski definition) is 1. The Morgan fingerprint density at radius 1 is 1.29 bits per heavy atom. The quantitative estimate of drug-likeness (QED) is 0.923. The van der Waals surface area contributed by atoms with Crippen molar-refractivity contribution in [1.82, 2.24) is 4.98 Å². The highest BCUT2D eigenvalue weighted by molar-refractivity contribution is 7.09. The van der Waals surface area contributed by atoms with E-state index in [1.54, 1.807) is 11.3 Å². The molecule has 4 heteroatoms. The molecule has 1 atom stereocenters. The summed E-state index contributed by atoms with van der Waals surface area (Å²) in [6.07, 6.45) is 1.68. The van der Waals surface area contributed by atoms with E-state index in [9.17, 15) is 0 Å². The van der Waals surface area contributed by atoms with Crippen LogP contribution in [0.15, 0.2) is 29.6 Å². The summed E-state index contributed by atoms with van der Waals surface area (Å²) in [6, 6.07) is 7.95. The van der Waals surface area contributed by atoms with Crippen molar-refractivity contribution in [2.24, 2.45) is 5.73 Å². The van der Waals surface area contributed by atoms with Crippen LogP contribution < -0.4 is 5.73 Å². The van der Waals surface area contributed by atoms with Gasteiger partial charge in [-0.25, -0.2) is 4.98 Å². The van der Waals surface area contributed by atoms with Gasteiger partial charge >= 0.3 is 0 Å². The van der Waals surface area contributed by atoms with Crippen LogP contribution in [0.1, 0.15) is 16.3 Å². The number of halogens is 1. The maximum absolute atomic E-state index is 6.12. The highest BCUT2D eigenvalue weighted by Crippen LogP contribution is 2.13. The molecule has 1 aromatic carbocycles. The zero-order chi connectivity index (χ0) is 12.3. The fraction of sp³-hybridized carbons (Fsp3) is 0.308. The monoisotopic (exact) mass is 266 g/mol. The van der Waals surface area contributed by atoms with Crippen molar-refractivity contribution in [2.75, 3.05) is 0 Å². The summed E-state index contributed by atoms with van der Waals surface area (Å²) < 4.78 is 0.